The van der Waals surface area contributed by atoms with E-state index in [4.69, 9.17) is 27.6 Å². The van der Waals surface area contributed by atoms with Crippen LogP contribution in [0.1, 0.15) is 34.4 Å². The third-order valence-electron chi connectivity index (χ3n) is 6.90. The van der Waals surface area contributed by atoms with Crippen molar-refractivity contribution in [1.82, 2.24) is 24.7 Å². The summed E-state index contributed by atoms with van der Waals surface area (Å²) in [6, 6.07) is 13.9. The standard InChI is InChI=1S/C28H29Cl2N5O3/c1-19(36)34-10-12-35(13-11-34)28(37)26-18-38-27(32-26)17-33(16-20-6-7-23(29)24(30)14-20)9-8-21-15-31-25-5-3-2-4-22(21)25/h2-7,14-15,18,31H,8-13,16-17H2,1H3. The molecule has 1 aliphatic rings. The first kappa shape index (κ1) is 26.3. The molecule has 2 aromatic heterocycles. The van der Waals surface area contributed by atoms with Crippen LogP contribution in [0.4, 0.5) is 0 Å². The highest BCUT2D eigenvalue weighted by atomic mass is 35.5. The van der Waals surface area contributed by atoms with Gasteiger partial charge in [0.1, 0.15) is 6.26 Å². The monoisotopic (exact) mass is 553 g/mol. The number of aromatic nitrogens is 2. The Morgan fingerprint density at radius 2 is 1.79 bits per heavy atom. The number of benzene rings is 2. The summed E-state index contributed by atoms with van der Waals surface area (Å²) in [7, 11) is 0. The normalized spacial score (nSPS) is 14.0. The van der Waals surface area contributed by atoms with Crippen LogP contribution in [0.15, 0.2) is 59.3 Å². The van der Waals surface area contributed by atoms with Gasteiger partial charge in [-0.3, -0.25) is 14.5 Å². The van der Waals surface area contributed by atoms with E-state index in [0.717, 1.165) is 24.0 Å². The van der Waals surface area contributed by atoms with Crippen LogP contribution in [-0.2, 0) is 24.3 Å². The lowest BCUT2D eigenvalue weighted by atomic mass is 10.1. The lowest BCUT2D eigenvalue weighted by molar-refractivity contribution is -0.130. The number of aromatic amines is 1. The molecule has 0 saturated carbocycles. The van der Waals surface area contributed by atoms with Crippen molar-refractivity contribution in [1.29, 1.82) is 0 Å². The molecule has 0 radical (unpaired) electrons. The molecule has 0 atom stereocenters. The Morgan fingerprint density at radius 1 is 1.03 bits per heavy atom. The maximum Gasteiger partial charge on any atom is 0.275 e. The third-order valence-corrected chi connectivity index (χ3v) is 7.64. The van der Waals surface area contributed by atoms with Crippen LogP contribution in [-0.4, -0.2) is 69.2 Å². The van der Waals surface area contributed by atoms with Crippen LogP contribution < -0.4 is 0 Å². The Balaban J connectivity index is 1.29. The largest absolute Gasteiger partial charge is 0.447 e. The number of nitrogens with one attached hydrogen (secondary N) is 1. The maximum atomic E-state index is 13.0. The van der Waals surface area contributed by atoms with Gasteiger partial charge in [-0.2, -0.15) is 0 Å². The Hall–Kier alpha value is -3.33. The number of fused-ring (bicyclic) bond motifs is 1. The van der Waals surface area contributed by atoms with Gasteiger partial charge in [0.05, 0.1) is 16.6 Å². The number of halogens is 2. The van der Waals surface area contributed by atoms with Gasteiger partial charge in [0.15, 0.2) is 5.69 Å². The number of H-pyrrole nitrogens is 1. The molecule has 1 fully saturated rings. The molecule has 3 heterocycles. The van der Waals surface area contributed by atoms with Crippen molar-refractivity contribution in [3.05, 3.63) is 87.7 Å². The molecular formula is C28H29Cl2N5O3. The quantitative estimate of drug-likeness (QED) is 0.331. The average molecular weight is 554 g/mol. The Morgan fingerprint density at radius 3 is 2.55 bits per heavy atom. The lowest BCUT2D eigenvalue weighted by Gasteiger charge is -2.33. The van der Waals surface area contributed by atoms with Crippen molar-refractivity contribution < 1.29 is 14.0 Å². The molecule has 8 nitrogen and oxygen atoms in total. The number of hydrogen-bond donors (Lipinski definition) is 1. The first-order valence-corrected chi connectivity index (χ1v) is 13.3. The second-order valence-corrected chi connectivity index (χ2v) is 10.3. The van der Waals surface area contributed by atoms with E-state index in [1.807, 2.05) is 24.3 Å². The minimum absolute atomic E-state index is 0.0236. The maximum absolute atomic E-state index is 13.0. The summed E-state index contributed by atoms with van der Waals surface area (Å²) in [5.74, 6) is 0.309. The number of hydrogen-bond acceptors (Lipinski definition) is 5. The number of piperazine rings is 1. The minimum Gasteiger partial charge on any atom is -0.447 e. The van der Waals surface area contributed by atoms with Gasteiger partial charge >= 0.3 is 0 Å². The zero-order valence-corrected chi connectivity index (χ0v) is 22.6. The summed E-state index contributed by atoms with van der Waals surface area (Å²) in [4.78, 5) is 38.1. The van der Waals surface area contributed by atoms with Crippen LogP contribution in [0, 0.1) is 0 Å². The van der Waals surface area contributed by atoms with Crippen molar-refractivity contribution in [3.63, 3.8) is 0 Å². The summed E-state index contributed by atoms with van der Waals surface area (Å²) >= 11 is 12.4. The zero-order valence-electron chi connectivity index (χ0n) is 21.1. The minimum atomic E-state index is -0.182. The number of carbonyl (C=O) groups excluding carboxylic acids is 2. The highest BCUT2D eigenvalue weighted by Gasteiger charge is 2.25. The Kier molecular flexibility index (Phi) is 8.02. The predicted molar refractivity (Wildman–Crippen MR) is 147 cm³/mol. The molecule has 0 unspecified atom stereocenters. The summed E-state index contributed by atoms with van der Waals surface area (Å²) in [5, 5.41) is 2.23. The van der Waals surface area contributed by atoms with Crippen molar-refractivity contribution in [2.75, 3.05) is 32.7 Å². The molecule has 10 heteroatoms. The molecule has 1 aliphatic heterocycles. The fourth-order valence-electron chi connectivity index (χ4n) is 4.79. The number of amides is 2. The molecule has 198 valence electrons. The van der Waals surface area contributed by atoms with E-state index in [1.165, 1.54) is 17.2 Å². The van der Waals surface area contributed by atoms with E-state index in [0.29, 0.717) is 55.2 Å². The van der Waals surface area contributed by atoms with Crippen LogP contribution >= 0.6 is 23.2 Å². The van der Waals surface area contributed by atoms with Gasteiger partial charge in [0.2, 0.25) is 11.8 Å². The summed E-state index contributed by atoms with van der Waals surface area (Å²) in [6.45, 7) is 5.33. The van der Waals surface area contributed by atoms with Crippen molar-refractivity contribution >= 4 is 45.9 Å². The molecule has 0 spiro atoms. The molecule has 5 rings (SSSR count). The first-order chi connectivity index (χ1) is 18.4. The van der Waals surface area contributed by atoms with E-state index < -0.39 is 0 Å². The van der Waals surface area contributed by atoms with Gasteiger partial charge in [-0.05, 0) is 35.7 Å². The lowest BCUT2D eigenvalue weighted by Crippen LogP contribution is -2.50. The second-order valence-electron chi connectivity index (χ2n) is 9.49. The molecular weight excluding hydrogens is 525 g/mol. The van der Waals surface area contributed by atoms with Crippen molar-refractivity contribution in [2.24, 2.45) is 0 Å². The van der Waals surface area contributed by atoms with Gasteiger partial charge in [0.25, 0.3) is 5.91 Å². The summed E-state index contributed by atoms with van der Waals surface area (Å²) < 4.78 is 5.74. The summed E-state index contributed by atoms with van der Waals surface area (Å²) in [6.07, 6.45) is 4.29. The predicted octanol–water partition coefficient (Wildman–Crippen LogP) is 5.01. The molecule has 2 amide bonds. The van der Waals surface area contributed by atoms with Gasteiger partial charge in [0, 0.05) is 63.3 Å². The number of nitrogens with zero attached hydrogens (tertiary/aromatic N) is 4. The van der Waals surface area contributed by atoms with Crippen LogP contribution in [0.25, 0.3) is 10.9 Å². The van der Waals surface area contributed by atoms with Gasteiger partial charge in [-0.15, -0.1) is 0 Å². The fourth-order valence-corrected chi connectivity index (χ4v) is 5.11. The SMILES string of the molecule is CC(=O)N1CCN(C(=O)c2coc(CN(CCc3c[nH]c4ccccc34)Cc3ccc(Cl)c(Cl)c3)n2)CC1. The van der Waals surface area contributed by atoms with E-state index in [1.54, 1.807) is 22.8 Å². The van der Waals surface area contributed by atoms with Crippen LogP contribution in [0.3, 0.4) is 0 Å². The molecule has 1 saturated heterocycles. The average Bonchev–Trinajstić information content (AvgIpc) is 3.56. The number of oxazole rings is 1. The molecule has 38 heavy (non-hydrogen) atoms. The van der Waals surface area contributed by atoms with Gasteiger partial charge in [-0.25, -0.2) is 4.98 Å². The number of carbonyl (C=O) groups is 2. The topological polar surface area (TPSA) is 85.7 Å². The van der Waals surface area contributed by atoms with E-state index in [2.05, 4.69) is 33.2 Å². The zero-order chi connectivity index (χ0) is 26.6. The van der Waals surface area contributed by atoms with Crippen molar-refractivity contribution in [3.8, 4) is 0 Å². The highest BCUT2D eigenvalue weighted by Crippen LogP contribution is 2.24. The molecule has 0 aliphatic carbocycles. The first-order valence-electron chi connectivity index (χ1n) is 12.6. The second kappa shape index (κ2) is 11.6. The Bertz CT molecular complexity index is 1440. The molecule has 2 aromatic carbocycles. The molecule has 0 bridgehead atoms. The molecule has 4 aromatic rings. The van der Waals surface area contributed by atoms with E-state index >= 15 is 0 Å². The highest BCUT2D eigenvalue weighted by molar-refractivity contribution is 6.42. The van der Waals surface area contributed by atoms with Crippen LogP contribution in [0.5, 0.6) is 0 Å². The Labute approximate surface area is 231 Å². The molecule has 1 N–H and O–H groups in total. The fraction of sp³-hybridized carbons (Fsp3) is 0.321. The summed E-state index contributed by atoms with van der Waals surface area (Å²) in [5.41, 5.74) is 3.64. The third kappa shape index (κ3) is 6.04. The van der Waals surface area contributed by atoms with Crippen LogP contribution in [0.2, 0.25) is 10.0 Å². The van der Waals surface area contributed by atoms with Gasteiger partial charge < -0.3 is 19.2 Å². The smallest absolute Gasteiger partial charge is 0.275 e. The van der Waals surface area contributed by atoms with E-state index in [-0.39, 0.29) is 17.5 Å². The number of rotatable bonds is 8. The number of para-hydroxylation sites is 1. The van der Waals surface area contributed by atoms with E-state index in [9.17, 15) is 9.59 Å². The van der Waals surface area contributed by atoms with Crippen molar-refractivity contribution in [2.45, 2.75) is 26.4 Å². The van der Waals surface area contributed by atoms with Gasteiger partial charge in [-0.1, -0.05) is 47.5 Å².